The van der Waals surface area contributed by atoms with Gasteiger partial charge in [0.2, 0.25) is 0 Å². The first-order valence-electron chi connectivity index (χ1n) is 8.71. The number of alkyl halides is 3. The van der Waals surface area contributed by atoms with Crippen molar-refractivity contribution in [2.75, 3.05) is 12.0 Å². The third kappa shape index (κ3) is 6.63. The largest absolute Gasteiger partial charge is 0.445 e. The number of benzene rings is 2. The van der Waals surface area contributed by atoms with E-state index in [1.54, 1.807) is 24.3 Å². The molecule has 2 unspecified atom stereocenters. The quantitative estimate of drug-likeness (QED) is 0.336. The standard InChI is InChI=1S/C19H22F3N3O4/c20-19(21,22)13-6-7-14(15(10-13)25-23)17(27)16(26)8-9-24-18(28)29-11-12-4-2-1-3-5-12/h1-7,10,16-17,25-27H,8-9,11,23H2,(H,24,28). The van der Waals surface area contributed by atoms with Crippen LogP contribution in [0.5, 0.6) is 0 Å². The lowest BCUT2D eigenvalue weighted by atomic mass is 9.98. The van der Waals surface area contributed by atoms with Crippen molar-refractivity contribution in [2.45, 2.75) is 31.4 Å². The van der Waals surface area contributed by atoms with Gasteiger partial charge in [-0.05, 0) is 24.1 Å². The molecule has 2 aromatic carbocycles. The summed E-state index contributed by atoms with van der Waals surface area (Å²) in [5.74, 6) is 5.24. The van der Waals surface area contributed by atoms with Crippen molar-refractivity contribution < 1.29 is 32.9 Å². The second kappa shape index (κ2) is 10.1. The van der Waals surface area contributed by atoms with Crippen molar-refractivity contribution >= 4 is 11.8 Å². The Balaban J connectivity index is 1.85. The first kappa shape index (κ1) is 22.5. The van der Waals surface area contributed by atoms with E-state index in [1.165, 1.54) is 0 Å². The highest BCUT2D eigenvalue weighted by Gasteiger charge is 2.32. The summed E-state index contributed by atoms with van der Waals surface area (Å²) in [6.45, 7) is 0.0623. The van der Waals surface area contributed by atoms with Crippen LogP contribution in [0, 0.1) is 0 Å². The summed E-state index contributed by atoms with van der Waals surface area (Å²) in [6.07, 6.45) is -8.20. The van der Waals surface area contributed by atoms with E-state index >= 15 is 0 Å². The molecule has 0 heterocycles. The van der Waals surface area contributed by atoms with Crippen molar-refractivity contribution in [3.05, 3.63) is 65.2 Å². The van der Waals surface area contributed by atoms with E-state index in [9.17, 15) is 28.2 Å². The first-order chi connectivity index (χ1) is 13.7. The van der Waals surface area contributed by atoms with Crippen molar-refractivity contribution in [1.29, 1.82) is 0 Å². The van der Waals surface area contributed by atoms with Crippen LogP contribution in [0.1, 0.15) is 29.2 Å². The fourth-order valence-corrected chi connectivity index (χ4v) is 2.58. The van der Waals surface area contributed by atoms with E-state index in [-0.39, 0.29) is 30.8 Å². The zero-order valence-corrected chi connectivity index (χ0v) is 15.3. The van der Waals surface area contributed by atoms with Crippen LogP contribution < -0.4 is 16.6 Å². The molecule has 0 aliphatic heterocycles. The minimum absolute atomic E-state index is 0.000320. The minimum atomic E-state index is -4.57. The molecule has 7 nitrogen and oxygen atoms in total. The van der Waals surface area contributed by atoms with Crippen molar-refractivity contribution in [3.63, 3.8) is 0 Å². The highest BCUT2D eigenvalue weighted by molar-refractivity contribution is 5.67. The van der Waals surface area contributed by atoms with Crippen LogP contribution in [-0.4, -0.2) is 29.0 Å². The van der Waals surface area contributed by atoms with E-state index in [1.807, 2.05) is 6.07 Å². The Morgan fingerprint density at radius 3 is 2.45 bits per heavy atom. The number of hydrazine groups is 1. The number of carbonyl (C=O) groups is 1. The maximum atomic E-state index is 12.8. The number of hydrogen-bond acceptors (Lipinski definition) is 6. The third-order valence-corrected chi connectivity index (χ3v) is 4.14. The smallest absolute Gasteiger partial charge is 0.416 e. The summed E-state index contributed by atoms with van der Waals surface area (Å²) in [6, 6.07) is 11.6. The number of aliphatic hydroxyl groups is 2. The topological polar surface area (TPSA) is 117 Å². The number of ether oxygens (including phenoxy) is 1. The molecule has 0 fully saturated rings. The molecule has 1 amide bonds. The van der Waals surface area contributed by atoms with Gasteiger partial charge in [0.05, 0.1) is 17.4 Å². The molecule has 0 spiro atoms. The molecule has 0 aromatic heterocycles. The molecule has 0 saturated heterocycles. The highest BCUT2D eigenvalue weighted by Crippen LogP contribution is 2.34. The van der Waals surface area contributed by atoms with Gasteiger partial charge in [-0.1, -0.05) is 36.4 Å². The average molecular weight is 413 g/mol. The summed E-state index contributed by atoms with van der Waals surface area (Å²) < 4.78 is 43.3. The summed E-state index contributed by atoms with van der Waals surface area (Å²) in [7, 11) is 0. The second-order valence-electron chi connectivity index (χ2n) is 6.23. The lowest BCUT2D eigenvalue weighted by molar-refractivity contribution is -0.137. The van der Waals surface area contributed by atoms with Crippen LogP contribution in [0.3, 0.4) is 0 Å². The number of nitrogen functional groups attached to an aromatic ring is 1. The number of nitrogens with one attached hydrogen (secondary N) is 2. The predicted octanol–water partition coefficient (Wildman–Crippen LogP) is 2.70. The molecule has 6 N–H and O–H groups in total. The molecule has 0 aliphatic carbocycles. The number of alkyl carbamates (subject to hydrolysis) is 1. The fraction of sp³-hybridized carbons (Fsp3) is 0.316. The molecule has 2 aromatic rings. The van der Waals surface area contributed by atoms with Crippen LogP contribution in [0.4, 0.5) is 23.7 Å². The molecule has 2 rings (SSSR count). The van der Waals surface area contributed by atoms with Crippen molar-refractivity contribution in [2.24, 2.45) is 5.84 Å². The zero-order chi connectivity index (χ0) is 21.4. The van der Waals surface area contributed by atoms with Crippen LogP contribution in [-0.2, 0) is 17.5 Å². The maximum absolute atomic E-state index is 12.8. The lowest BCUT2D eigenvalue weighted by Gasteiger charge is -2.21. The third-order valence-electron chi connectivity index (χ3n) is 4.14. The molecule has 0 bridgehead atoms. The molecule has 0 saturated carbocycles. The summed E-state index contributed by atoms with van der Waals surface area (Å²) >= 11 is 0. The Labute approximate surface area is 165 Å². The molecule has 10 heteroatoms. The molecule has 0 aliphatic rings. The van der Waals surface area contributed by atoms with Crippen molar-refractivity contribution in [3.8, 4) is 0 Å². The molecular weight excluding hydrogens is 391 g/mol. The van der Waals surface area contributed by atoms with Crippen LogP contribution >= 0.6 is 0 Å². The Kier molecular flexibility index (Phi) is 7.82. The molecule has 2 atom stereocenters. The van der Waals surface area contributed by atoms with Crippen LogP contribution in [0.15, 0.2) is 48.5 Å². The molecular formula is C19H22F3N3O4. The van der Waals surface area contributed by atoms with Crippen LogP contribution in [0.25, 0.3) is 0 Å². The number of aliphatic hydroxyl groups excluding tert-OH is 2. The highest BCUT2D eigenvalue weighted by atomic mass is 19.4. The summed E-state index contributed by atoms with van der Waals surface area (Å²) in [5, 5.41) is 22.8. The number of amides is 1. The van der Waals surface area contributed by atoms with Gasteiger partial charge >= 0.3 is 12.3 Å². The Hall–Kier alpha value is -2.82. The summed E-state index contributed by atoms with van der Waals surface area (Å²) in [4.78, 5) is 11.7. The number of nitrogens with two attached hydrogens (primary N) is 1. The Morgan fingerprint density at radius 2 is 1.83 bits per heavy atom. The maximum Gasteiger partial charge on any atom is 0.416 e. The molecule has 0 radical (unpaired) electrons. The first-order valence-corrected chi connectivity index (χ1v) is 8.71. The zero-order valence-electron chi connectivity index (χ0n) is 15.3. The number of halogens is 3. The normalized spacial score (nSPS) is 13.4. The number of hydrogen-bond donors (Lipinski definition) is 5. The molecule has 29 heavy (non-hydrogen) atoms. The SMILES string of the molecule is NNc1cc(C(F)(F)F)ccc1C(O)C(O)CCNC(=O)OCc1ccccc1. The van der Waals surface area contributed by atoms with Gasteiger partial charge in [0.15, 0.2) is 0 Å². The lowest BCUT2D eigenvalue weighted by Crippen LogP contribution is -2.30. The fourth-order valence-electron chi connectivity index (χ4n) is 2.58. The monoisotopic (exact) mass is 413 g/mol. The van der Waals surface area contributed by atoms with Gasteiger partial charge < -0.3 is 25.7 Å². The van der Waals surface area contributed by atoms with E-state index in [0.29, 0.717) is 0 Å². The number of anilines is 1. The van der Waals surface area contributed by atoms with Gasteiger partial charge in [0.25, 0.3) is 0 Å². The molecule has 158 valence electrons. The van der Waals surface area contributed by atoms with Gasteiger partial charge in [-0.15, -0.1) is 0 Å². The van der Waals surface area contributed by atoms with E-state index < -0.39 is 30.0 Å². The Morgan fingerprint density at radius 1 is 1.14 bits per heavy atom. The predicted molar refractivity (Wildman–Crippen MR) is 99.5 cm³/mol. The van der Waals surface area contributed by atoms with Crippen LogP contribution in [0.2, 0.25) is 0 Å². The average Bonchev–Trinajstić information content (AvgIpc) is 2.71. The van der Waals surface area contributed by atoms with Gasteiger partial charge in [-0.2, -0.15) is 13.2 Å². The van der Waals surface area contributed by atoms with E-state index in [0.717, 1.165) is 23.8 Å². The Bertz CT molecular complexity index is 803. The summed E-state index contributed by atoms with van der Waals surface area (Å²) in [5.41, 5.74) is 1.79. The minimum Gasteiger partial charge on any atom is -0.445 e. The van der Waals surface area contributed by atoms with Crippen molar-refractivity contribution in [1.82, 2.24) is 5.32 Å². The van der Waals surface area contributed by atoms with E-state index in [4.69, 9.17) is 10.6 Å². The van der Waals surface area contributed by atoms with Gasteiger partial charge in [-0.25, -0.2) is 4.79 Å². The van der Waals surface area contributed by atoms with Gasteiger partial charge in [0.1, 0.15) is 12.7 Å². The van der Waals surface area contributed by atoms with E-state index in [2.05, 4.69) is 10.7 Å². The second-order valence-corrected chi connectivity index (χ2v) is 6.23. The number of rotatable bonds is 8. The number of carbonyl (C=O) groups excluding carboxylic acids is 1. The van der Waals surface area contributed by atoms with Gasteiger partial charge in [-0.3, -0.25) is 5.84 Å². The van der Waals surface area contributed by atoms with Gasteiger partial charge in [0, 0.05) is 12.1 Å².